The fourth-order valence-corrected chi connectivity index (χ4v) is 6.44. The molecule has 8 nitrogen and oxygen atoms in total. The molecule has 2 aromatic carbocycles. The summed E-state index contributed by atoms with van der Waals surface area (Å²) in [5, 5.41) is 18.4. The molecular formula is C30H38N4O4S2. The van der Waals surface area contributed by atoms with Crippen LogP contribution in [0.1, 0.15) is 35.4 Å². The number of hydrogen-bond acceptors (Lipinski definition) is 8. The van der Waals surface area contributed by atoms with Crippen LogP contribution in [-0.4, -0.2) is 67.2 Å². The molecule has 3 N–H and O–H groups in total. The topological polar surface area (TPSA) is 104 Å². The van der Waals surface area contributed by atoms with Crippen LogP contribution in [0.2, 0.25) is 0 Å². The van der Waals surface area contributed by atoms with Gasteiger partial charge in [0, 0.05) is 21.9 Å². The third kappa shape index (κ3) is 7.42. The first-order valence-electron chi connectivity index (χ1n) is 13.5. The number of piperidine rings is 1. The Bertz CT molecular complexity index is 1300. The molecule has 0 radical (unpaired) electrons. The quantitative estimate of drug-likeness (QED) is 0.294. The lowest BCUT2D eigenvalue weighted by Crippen LogP contribution is -2.43. The Labute approximate surface area is 245 Å². The van der Waals surface area contributed by atoms with Crippen molar-refractivity contribution >= 4 is 35.8 Å². The Morgan fingerprint density at radius 3 is 2.40 bits per heavy atom. The summed E-state index contributed by atoms with van der Waals surface area (Å²) in [6.45, 7) is 2.65. The van der Waals surface area contributed by atoms with Crippen molar-refractivity contribution in [3.63, 3.8) is 0 Å². The van der Waals surface area contributed by atoms with E-state index in [1.165, 1.54) is 37.3 Å². The highest BCUT2D eigenvalue weighted by molar-refractivity contribution is 7.80. The van der Waals surface area contributed by atoms with Gasteiger partial charge in [0.15, 0.2) is 0 Å². The Hall–Kier alpha value is -2.92. The average molecular weight is 583 g/mol. The van der Waals surface area contributed by atoms with Crippen LogP contribution in [0.5, 0.6) is 5.75 Å². The summed E-state index contributed by atoms with van der Waals surface area (Å²) in [5.41, 5.74) is 2.82. The van der Waals surface area contributed by atoms with Crippen molar-refractivity contribution in [1.82, 2.24) is 20.5 Å². The number of carboxylic acids is 1. The van der Waals surface area contributed by atoms with Crippen LogP contribution < -0.4 is 15.4 Å². The molecule has 0 spiro atoms. The largest absolute Gasteiger partial charge is 0.496 e. The van der Waals surface area contributed by atoms with E-state index in [1.807, 2.05) is 47.8 Å². The molecule has 214 valence electrons. The maximum absolute atomic E-state index is 13.1. The summed E-state index contributed by atoms with van der Waals surface area (Å²) in [4.78, 5) is 32.3. The smallest absolute Gasteiger partial charge is 0.304 e. The first kappa shape index (κ1) is 30.0. The number of rotatable bonds is 8. The third-order valence-electron chi connectivity index (χ3n) is 7.61. The molecule has 5 rings (SSSR count). The number of aliphatic carboxylic acids is 1. The van der Waals surface area contributed by atoms with E-state index in [9.17, 15) is 14.7 Å². The summed E-state index contributed by atoms with van der Waals surface area (Å²) >= 11 is 5.87. The standard InChI is InChI=1S/C23H22N2O4S2.C7H16N2/c1-29-18-7-6-14(8-19(18)30)17-13-31-20(25-17)12-24-22(28)23(11-21(26)27)9-15-4-2-3-5-16(15)10-23;1-9(2)7-3-5-8-6-4-7/h2-8,13,30H,9-12H2,1H3,(H,24,28)(H,26,27);7-8H,3-6H2,1-2H3. The highest BCUT2D eigenvalue weighted by Gasteiger charge is 2.45. The SMILES string of the molecule is CN(C)C1CCNCC1.COc1ccc(-c2csc(CNC(=O)C3(CC(=O)O)Cc4ccccc4C3)n2)cc1S. The molecule has 1 aliphatic carbocycles. The van der Waals surface area contributed by atoms with Crippen LogP contribution in [0, 0.1) is 5.41 Å². The van der Waals surface area contributed by atoms with Crippen molar-refractivity contribution in [2.75, 3.05) is 34.3 Å². The number of methoxy groups -OCH3 is 1. The fraction of sp³-hybridized carbons (Fsp3) is 0.433. The zero-order valence-corrected chi connectivity index (χ0v) is 25.0. The van der Waals surface area contributed by atoms with Crippen molar-refractivity contribution < 1.29 is 19.4 Å². The number of thiol groups is 1. The van der Waals surface area contributed by atoms with E-state index >= 15 is 0 Å². The first-order valence-corrected chi connectivity index (χ1v) is 14.8. The van der Waals surface area contributed by atoms with Crippen LogP contribution in [0.3, 0.4) is 0 Å². The highest BCUT2D eigenvalue weighted by atomic mass is 32.1. The van der Waals surface area contributed by atoms with Crippen molar-refractivity contribution in [3.05, 3.63) is 64.0 Å². The fourth-order valence-electron chi connectivity index (χ4n) is 5.39. The van der Waals surface area contributed by atoms with Crippen molar-refractivity contribution in [2.24, 2.45) is 5.41 Å². The molecule has 0 atom stereocenters. The maximum Gasteiger partial charge on any atom is 0.304 e. The number of nitrogens with one attached hydrogen (secondary N) is 2. The van der Waals surface area contributed by atoms with Gasteiger partial charge in [0.2, 0.25) is 5.91 Å². The normalized spacial score (nSPS) is 16.1. The van der Waals surface area contributed by atoms with Gasteiger partial charge in [-0.2, -0.15) is 0 Å². The van der Waals surface area contributed by atoms with Crippen LogP contribution in [0.25, 0.3) is 11.3 Å². The van der Waals surface area contributed by atoms with Crippen molar-refractivity contribution in [3.8, 4) is 17.0 Å². The van der Waals surface area contributed by atoms with E-state index in [4.69, 9.17) is 4.74 Å². The van der Waals surface area contributed by atoms with E-state index in [0.717, 1.165) is 38.3 Å². The van der Waals surface area contributed by atoms with Crippen LogP contribution in [-0.2, 0) is 29.0 Å². The maximum atomic E-state index is 13.1. The molecule has 10 heteroatoms. The molecule has 2 aliphatic rings. The van der Waals surface area contributed by atoms with Crippen molar-refractivity contribution in [2.45, 2.75) is 49.6 Å². The molecule has 1 aromatic heterocycles. The predicted molar refractivity (Wildman–Crippen MR) is 161 cm³/mol. The van der Waals surface area contributed by atoms with Crippen LogP contribution in [0.4, 0.5) is 0 Å². The zero-order valence-electron chi connectivity index (χ0n) is 23.3. The van der Waals surface area contributed by atoms with E-state index in [0.29, 0.717) is 18.6 Å². The number of amides is 1. The average Bonchev–Trinajstić information content (AvgIpc) is 3.57. The third-order valence-corrected chi connectivity index (χ3v) is 8.81. The van der Waals surface area contributed by atoms with Gasteiger partial charge in [0.05, 0.1) is 31.2 Å². The number of thiazole rings is 1. The summed E-state index contributed by atoms with van der Waals surface area (Å²) in [7, 11) is 5.92. The number of ether oxygens (including phenoxy) is 1. The number of carboxylic acid groups (broad SMARTS) is 1. The van der Waals surface area contributed by atoms with Gasteiger partial charge in [-0.1, -0.05) is 24.3 Å². The van der Waals surface area contributed by atoms with Crippen molar-refractivity contribution in [1.29, 1.82) is 0 Å². The second-order valence-electron chi connectivity index (χ2n) is 10.6. The van der Waals surface area contributed by atoms with Gasteiger partial charge in [0.1, 0.15) is 10.8 Å². The Balaban J connectivity index is 0.000000350. The van der Waals surface area contributed by atoms with Gasteiger partial charge in [-0.25, -0.2) is 4.98 Å². The molecule has 40 heavy (non-hydrogen) atoms. The minimum absolute atomic E-state index is 0.201. The van der Waals surface area contributed by atoms with E-state index in [2.05, 4.69) is 47.2 Å². The van der Waals surface area contributed by atoms with E-state index in [1.54, 1.807) is 7.11 Å². The second-order valence-corrected chi connectivity index (χ2v) is 12.0. The number of carbonyl (C=O) groups is 2. The first-order chi connectivity index (χ1) is 19.2. The molecule has 2 heterocycles. The van der Waals surface area contributed by atoms with Crippen LogP contribution in [0.15, 0.2) is 52.7 Å². The van der Waals surface area contributed by atoms with Gasteiger partial charge in [-0.15, -0.1) is 24.0 Å². The minimum atomic E-state index is -0.971. The highest BCUT2D eigenvalue weighted by Crippen LogP contribution is 2.40. The summed E-state index contributed by atoms with van der Waals surface area (Å²) < 4.78 is 5.23. The summed E-state index contributed by atoms with van der Waals surface area (Å²) in [6, 6.07) is 14.2. The van der Waals surface area contributed by atoms with E-state index in [-0.39, 0.29) is 18.9 Å². The zero-order chi connectivity index (χ0) is 28.7. The van der Waals surface area contributed by atoms with Gasteiger partial charge >= 0.3 is 5.97 Å². The van der Waals surface area contributed by atoms with Gasteiger partial charge < -0.3 is 25.4 Å². The molecule has 0 saturated carbocycles. The van der Waals surface area contributed by atoms with E-state index < -0.39 is 11.4 Å². The Morgan fingerprint density at radius 1 is 1.18 bits per heavy atom. The number of fused-ring (bicyclic) bond motifs is 1. The summed E-state index contributed by atoms with van der Waals surface area (Å²) in [6.07, 6.45) is 3.29. The molecular weight excluding hydrogens is 544 g/mol. The number of nitrogens with zero attached hydrogens (tertiary/aromatic N) is 2. The lowest BCUT2D eigenvalue weighted by atomic mass is 9.80. The van der Waals surface area contributed by atoms with Crippen LogP contribution >= 0.6 is 24.0 Å². The van der Waals surface area contributed by atoms with Gasteiger partial charge in [0.25, 0.3) is 0 Å². The van der Waals surface area contributed by atoms with Gasteiger partial charge in [-0.3, -0.25) is 9.59 Å². The lowest BCUT2D eigenvalue weighted by molar-refractivity contribution is -0.145. The number of aromatic nitrogens is 1. The molecule has 0 unspecified atom stereocenters. The second kappa shape index (κ2) is 13.6. The predicted octanol–water partition coefficient (Wildman–Crippen LogP) is 4.28. The molecule has 3 aromatic rings. The number of carbonyl (C=O) groups excluding carboxylic acids is 1. The molecule has 1 aliphatic heterocycles. The molecule has 1 amide bonds. The Morgan fingerprint density at radius 2 is 1.85 bits per heavy atom. The number of hydrogen-bond donors (Lipinski definition) is 4. The lowest BCUT2D eigenvalue weighted by Gasteiger charge is -2.28. The Kier molecular flexibility index (Phi) is 10.2. The minimum Gasteiger partial charge on any atom is -0.496 e. The molecule has 1 saturated heterocycles. The number of benzene rings is 2. The molecule has 0 bridgehead atoms. The van der Waals surface area contributed by atoms with Gasteiger partial charge in [-0.05, 0) is 82.2 Å². The monoisotopic (exact) mass is 582 g/mol. The molecule has 1 fully saturated rings. The summed E-state index contributed by atoms with van der Waals surface area (Å²) in [5.74, 6) is -0.525.